The lowest BCUT2D eigenvalue weighted by Gasteiger charge is -2.28. The smallest absolute Gasteiger partial charge is 0.229 e. The second-order valence-corrected chi connectivity index (χ2v) is 5.08. The third-order valence-electron chi connectivity index (χ3n) is 3.72. The van der Waals surface area contributed by atoms with Gasteiger partial charge in [-0.1, -0.05) is 0 Å². The van der Waals surface area contributed by atoms with E-state index in [1.165, 1.54) is 0 Å². The van der Waals surface area contributed by atoms with Crippen LogP contribution < -0.4 is 5.32 Å². The molecule has 86 valence electrons. The number of rotatable bonds is 2. The number of aliphatic hydroxyl groups is 1. The summed E-state index contributed by atoms with van der Waals surface area (Å²) in [5, 5.41) is 12.3. The van der Waals surface area contributed by atoms with Crippen LogP contribution in [0.2, 0.25) is 0 Å². The van der Waals surface area contributed by atoms with Crippen molar-refractivity contribution in [2.24, 2.45) is 11.3 Å². The minimum Gasteiger partial charge on any atom is -0.396 e. The number of hydrogen-bond donors (Lipinski definition) is 2. The van der Waals surface area contributed by atoms with Crippen LogP contribution in [0.1, 0.15) is 19.8 Å². The SMILES string of the molecule is CC1(C(=O)N2CCC(CO)C2)CCNC1. The molecular weight excluding hydrogens is 192 g/mol. The predicted molar refractivity (Wildman–Crippen MR) is 57.4 cm³/mol. The highest BCUT2D eigenvalue weighted by Gasteiger charge is 2.41. The molecule has 0 spiro atoms. The first-order valence-electron chi connectivity index (χ1n) is 5.77. The lowest BCUT2D eigenvalue weighted by molar-refractivity contribution is -0.139. The summed E-state index contributed by atoms with van der Waals surface area (Å²) in [6, 6.07) is 0. The maximum absolute atomic E-state index is 12.2. The Morgan fingerprint density at radius 2 is 2.47 bits per heavy atom. The summed E-state index contributed by atoms with van der Waals surface area (Å²) in [6.07, 6.45) is 1.89. The molecule has 2 N–H and O–H groups in total. The molecule has 0 radical (unpaired) electrons. The minimum absolute atomic E-state index is 0.204. The number of aliphatic hydroxyl groups excluding tert-OH is 1. The molecule has 4 heteroatoms. The van der Waals surface area contributed by atoms with Gasteiger partial charge in [0.25, 0.3) is 0 Å². The van der Waals surface area contributed by atoms with Crippen LogP contribution in [0.5, 0.6) is 0 Å². The third kappa shape index (κ3) is 2.01. The number of nitrogens with zero attached hydrogens (tertiary/aromatic N) is 1. The van der Waals surface area contributed by atoms with E-state index >= 15 is 0 Å². The Balaban J connectivity index is 1.96. The molecule has 2 fully saturated rings. The molecule has 0 aromatic carbocycles. The van der Waals surface area contributed by atoms with Gasteiger partial charge in [0.15, 0.2) is 0 Å². The van der Waals surface area contributed by atoms with Crippen LogP contribution in [0.4, 0.5) is 0 Å². The van der Waals surface area contributed by atoms with Crippen molar-refractivity contribution >= 4 is 5.91 Å². The van der Waals surface area contributed by atoms with Crippen LogP contribution >= 0.6 is 0 Å². The van der Waals surface area contributed by atoms with Gasteiger partial charge in [-0.15, -0.1) is 0 Å². The molecular formula is C11H20N2O2. The minimum atomic E-state index is -0.204. The largest absolute Gasteiger partial charge is 0.396 e. The molecule has 2 heterocycles. The van der Waals surface area contributed by atoms with E-state index < -0.39 is 0 Å². The van der Waals surface area contributed by atoms with Crippen LogP contribution in [-0.2, 0) is 4.79 Å². The summed E-state index contributed by atoms with van der Waals surface area (Å²) in [6.45, 7) is 5.55. The molecule has 0 aromatic heterocycles. The number of nitrogens with one attached hydrogen (secondary N) is 1. The van der Waals surface area contributed by atoms with E-state index in [9.17, 15) is 4.79 Å². The van der Waals surface area contributed by atoms with Crippen molar-refractivity contribution in [1.82, 2.24) is 10.2 Å². The van der Waals surface area contributed by atoms with E-state index in [2.05, 4.69) is 5.32 Å². The highest BCUT2D eigenvalue weighted by molar-refractivity contribution is 5.83. The zero-order valence-corrected chi connectivity index (χ0v) is 9.33. The molecule has 2 atom stereocenters. The first-order chi connectivity index (χ1) is 7.15. The number of carbonyl (C=O) groups excluding carboxylic acids is 1. The standard InChI is InChI=1S/C11H20N2O2/c1-11(3-4-12-8-11)10(15)13-5-2-9(6-13)7-14/h9,12,14H,2-8H2,1H3. The fraction of sp³-hybridized carbons (Fsp3) is 0.909. The molecule has 4 nitrogen and oxygen atoms in total. The maximum Gasteiger partial charge on any atom is 0.229 e. The molecule has 2 aliphatic rings. The van der Waals surface area contributed by atoms with Crippen LogP contribution in [-0.4, -0.2) is 48.7 Å². The molecule has 2 saturated heterocycles. The Kier molecular flexibility index (Phi) is 2.98. The highest BCUT2D eigenvalue weighted by Crippen LogP contribution is 2.29. The van der Waals surface area contributed by atoms with Gasteiger partial charge < -0.3 is 15.3 Å². The fourth-order valence-electron chi connectivity index (χ4n) is 2.55. The van der Waals surface area contributed by atoms with E-state index in [1.54, 1.807) is 0 Å². The summed E-state index contributed by atoms with van der Waals surface area (Å²) in [4.78, 5) is 14.2. The zero-order chi connectivity index (χ0) is 10.9. The fourth-order valence-corrected chi connectivity index (χ4v) is 2.55. The van der Waals surface area contributed by atoms with Gasteiger partial charge in [-0.05, 0) is 26.3 Å². The number of amides is 1. The molecule has 0 aliphatic carbocycles. The van der Waals surface area contributed by atoms with Gasteiger partial charge in [-0.2, -0.15) is 0 Å². The molecule has 2 rings (SSSR count). The van der Waals surface area contributed by atoms with Gasteiger partial charge in [-0.25, -0.2) is 0 Å². The van der Waals surface area contributed by atoms with Crippen molar-refractivity contribution in [3.63, 3.8) is 0 Å². The topological polar surface area (TPSA) is 52.6 Å². The van der Waals surface area contributed by atoms with E-state index in [1.807, 2.05) is 11.8 Å². The van der Waals surface area contributed by atoms with Crippen molar-refractivity contribution in [3.05, 3.63) is 0 Å². The summed E-state index contributed by atoms with van der Waals surface area (Å²) >= 11 is 0. The van der Waals surface area contributed by atoms with Crippen LogP contribution in [0.3, 0.4) is 0 Å². The van der Waals surface area contributed by atoms with Crippen molar-refractivity contribution in [2.75, 3.05) is 32.8 Å². The van der Waals surface area contributed by atoms with Gasteiger partial charge in [0, 0.05) is 32.2 Å². The Morgan fingerprint density at radius 3 is 3.00 bits per heavy atom. The molecule has 0 aromatic rings. The molecule has 0 bridgehead atoms. The summed E-state index contributed by atoms with van der Waals surface area (Å²) in [5.41, 5.74) is -0.204. The Hall–Kier alpha value is -0.610. The normalized spacial score (nSPS) is 36.1. The van der Waals surface area contributed by atoms with Crippen LogP contribution in [0.15, 0.2) is 0 Å². The zero-order valence-electron chi connectivity index (χ0n) is 9.33. The molecule has 0 saturated carbocycles. The third-order valence-corrected chi connectivity index (χ3v) is 3.72. The number of hydrogen-bond acceptors (Lipinski definition) is 3. The predicted octanol–water partition coefficient (Wildman–Crippen LogP) is -0.173. The van der Waals surface area contributed by atoms with E-state index in [4.69, 9.17) is 5.11 Å². The first-order valence-corrected chi connectivity index (χ1v) is 5.77. The quantitative estimate of drug-likeness (QED) is 0.668. The Bertz CT molecular complexity index is 249. The Labute approximate surface area is 90.6 Å². The monoisotopic (exact) mass is 212 g/mol. The van der Waals surface area contributed by atoms with Gasteiger partial charge in [0.1, 0.15) is 0 Å². The number of carbonyl (C=O) groups is 1. The second kappa shape index (κ2) is 4.10. The van der Waals surface area contributed by atoms with E-state index in [0.717, 1.165) is 39.0 Å². The van der Waals surface area contributed by atoms with Crippen molar-refractivity contribution < 1.29 is 9.90 Å². The van der Waals surface area contributed by atoms with E-state index in [-0.39, 0.29) is 17.9 Å². The Morgan fingerprint density at radius 1 is 1.67 bits per heavy atom. The molecule has 2 unspecified atom stereocenters. The summed E-state index contributed by atoms with van der Waals surface area (Å²) < 4.78 is 0. The van der Waals surface area contributed by atoms with Gasteiger partial charge in [0.05, 0.1) is 5.41 Å². The van der Waals surface area contributed by atoms with Crippen LogP contribution in [0.25, 0.3) is 0 Å². The maximum atomic E-state index is 12.2. The van der Waals surface area contributed by atoms with E-state index in [0.29, 0.717) is 5.92 Å². The van der Waals surface area contributed by atoms with Crippen molar-refractivity contribution in [2.45, 2.75) is 19.8 Å². The molecule has 15 heavy (non-hydrogen) atoms. The number of likely N-dealkylation sites (tertiary alicyclic amines) is 1. The van der Waals surface area contributed by atoms with Crippen molar-refractivity contribution in [3.8, 4) is 0 Å². The van der Waals surface area contributed by atoms with Gasteiger partial charge >= 0.3 is 0 Å². The van der Waals surface area contributed by atoms with Crippen LogP contribution in [0, 0.1) is 11.3 Å². The molecule has 1 amide bonds. The second-order valence-electron chi connectivity index (χ2n) is 5.08. The van der Waals surface area contributed by atoms with Crippen molar-refractivity contribution in [1.29, 1.82) is 0 Å². The lowest BCUT2D eigenvalue weighted by atomic mass is 9.88. The highest BCUT2D eigenvalue weighted by atomic mass is 16.3. The van der Waals surface area contributed by atoms with Gasteiger partial charge in [-0.3, -0.25) is 4.79 Å². The first kappa shape index (κ1) is 10.9. The summed E-state index contributed by atoms with van der Waals surface area (Å²) in [7, 11) is 0. The van der Waals surface area contributed by atoms with Gasteiger partial charge in [0.2, 0.25) is 5.91 Å². The average molecular weight is 212 g/mol. The average Bonchev–Trinajstić information content (AvgIpc) is 2.85. The molecule has 2 aliphatic heterocycles. The lowest BCUT2D eigenvalue weighted by Crippen LogP contribution is -2.42. The summed E-state index contributed by atoms with van der Waals surface area (Å²) in [5.74, 6) is 0.565.